The number of rotatable bonds is 4. The molecular formula is C9H12N8S2. The van der Waals surface area contributed by atoms with Crippen LogP contribution in [-0.2, 0) is 6.54 Å². The Kier molecular flexibility index (Phi) is 4.22. The van der Waals surface area contributed by atoms with Crippen molar-refractivity contribution in [3.05, 3.63) is 12.5 Å². The molecule has 0 spiro atoms. The van der Waals surface area contributed by atoms with Gasteiger partial charge in [0, 0.05) is 5.75 Å². The van der Waals surface area contributed by atoms with Crippen molar-refractivity contribution in [3.8, 4) is 0 Å². The molecule has 0 aromatic carbocycles. The average Bonchev–Trinajstić information content (AvgIpc) is 2.73. The normalized spacial score (nSPS) is 10.7. The van der Waals surface area contributed by atoms with Crippen molar-refractivity contribution in [2.45, 2.75) is 11.6 Å². The Morgan fingerprint density at radius 1 is 1.26 bits per heavy atom. The van der Waals surface area contributed by atoms with Gasteiger partial charge in [-0.05, 0) is 11.8 Å². The highest BCUT2D eigenvalue weighted by Gasteiger charge is 2.11. The van der Waals surface area contributed by atoms with Crippen LogP contribution in [0.15, 0.2) is 17.6 Å². The van der Waals surface area contributed by atoms with Crippen LogP contribution >= 0.6 is 23.5 Å². The van der Waals surface area contributed by atoms with Crippen LogP contribution in [-0.4, -0.2) is 35.8 Å². The standard InChI is InChI=1S/C9H12N8S2/c10-8(11)18-2-1-17-6-5(3-16-17)7(15-4-14-6)19-9(12)13/h3-4H,1-2H2,(H3,10,11)(H3,12,13). The van der Waals surface area contributed by atoms with Gasteiger partial charge in [-0.1, -0.05) is 11.8 Å². The largest absolute Gasteiger partial charge is 0.379 e. The number of nitrogens with two attached hydrogens (primary N) is 2. The summed E-state index contributed by atoms with van der Waals surface area (Å²) in [6, 6.07) is 0. The van der Waals surface area contributed by atoms with E-state index in [4.69, 9.17) is 22.3 Å². The highest BCUT2D eigenvalue weighted by Crippen LogP contribution is 2.23. The van der Waals surface area contributed by atoms with Gasteiger partial charge in [0.15, 0.2) is 16.0 Å². The maximum atomic E-state index is 7.28. The van der Waals surface area contributed by atoms with Crippen molar-refractivity contribution in [2.24, 2.45) is 11.5 Å². The van der Waals surface area contributed by atoms with Crippen molar-refractivity contribution in [2.75, 3.05) is 5.75 Å². The highest BCUT2D eigenvalue weighted by molar-refractivity contribution is 8.14. The van der Waals surface area contributed by atoms with Crippen LogP contribution in [0.5, 0.6) is 0 Å². The number of fused-ring (bicyclic) bond motifs is 1. The molecule has 0 unspecified atom stereocenters. The summed E-state index contributed by atoms with van der Waals surface area (Å²) >= 11 is 2.32. The Hall–Kier alpha value is -1.81. The zero-order chi connectivity index (χ0) is 13.8. The molecule has 0 bridgehead atoms. The molecule has 0 aliphatic carbocycles. The molecule has 2 heterocycles. The van der Waals surface area contributed by atoms with E-state index in [1.54, 1.807) is 10.9 Å². The summed E-state index contributed by atoms with van der Waals surface area (Å²) in [4.78, 5) is 8.26. The summed E-state index contributed by atoms with van der Waals surface area (Å²) in [7, 11) is 0. The molecule has 0 saturated carbocycles. The topological polar surface area (TPSA) is 143 Å². The molecule has 6 N–H and O–H groups in total. The number of hydrogen-bond donors (Lipinski definition) is 4. The third kappa shape index (κ3) is 3.35. The Bertz CT molecular complexity index is 622. The van der Waals surface area contributed by atoms with Gasteiger partial charge in [-0.25, -0.2) is 14.6 Å². The van der Waals surface area contributed by atoms with E-state index >= 15 is 0 Å². The van der Waals surface area contributed by atoms with Crippen LogP contribution in [0.25, 0.3) is 11.0 Å². The predicted molar refractivity (Wildman–Crippen MR) is 77.5 cm³/mol. The molecule has 8 nitrogen and oxygen atoms in total. The lowest BCUT2D eigenvalue weighted by molar-refractivity contribution is 0.683. The van der Waals surface area contributed by atoms with E-state index in [2.05, 4.69) is 15.1 Å². The highest BCUT2D eigenvalue weighted by atomic mass is 32.2. The van der Waals surface area contributed by atoms with E-state index in [1.165, 1.54) is 18.1 Å². The molecule has 2 rings (SSSR count). The molecule has 19 heavy (non-hydrogen) atoms. The average molecular weight is 296 g/mol. The van der Waals surface area contributed by atoms with Gasteiger partial charge in [0.2, 0.25) is 0 Å². The molecule has 0 atom stereocenters. The van der Waals surface area contributed by atoms with E-state index in [0.29, 0.717) is 23.0 Å². The Morgan fingerprint density at radius 2 is 2.05 bits per heavy atom. The first-order valence-electron chi connectivity index (χ1n) is 5.23. The molecule has 10 heteroatoms. The molecule has 2 aromatic rings. The van der Waals surface area contributed by atoms with Crippen molar-refractivity contribution in [1.82, 2.24) is 19.7 Å². The minimum absolute atomic E-state index is 0.0279. The number of nitrogens with one attached hydrogen (secondary N) is 2. The van der Waals surface area contributed by atoms with Crippen LogP contribution < -0.4 is 11.5 Å². The van der Waals surface area contributed by atoms with Gasteiger partial charge in [-0.3, -0.25) is 10.8 Å². The lowest BCUT2D eigenvalue weighted by Crippen LogP contribution is -2.09. The first-order chi connectivity index (χ1) is 9.08. The Labute approximate surface area is 117 Å². The lowest BCUT2D eigenvalue weighted by Gasteiger charge is -2.03. The number of nitrogens with zero attached hydrogens (tertiary/aromatic N) is 4. The Morgan fingerprint density at radius 3 is 2.74 bits per heavy atom. The molecule has 0 aliphatic rings. The number of thioether (sulfide) groups is 2. The van der Waals surface area contributed by atoms with E-state index < -0.39 is 0 Å². The number of aryl methyl sites for hydroxylation is 1. The molecule has 0 fully saturated rings. The second-order valence-electron chi connectivity index (χ2n) is 3.46. The number of aromatic nitrogens is 4. The fourth-order valence-electron chi connectivity index (χ4n) is 1.46. The van der Waals surface area contributed by atoms with Crippen molar-refractivity contribution in [1.29, 1.82) is 10.8 Å². The molecule has 0 radical (unpaired) electrons. The second kappa shape index (κ2) is 5.89. The van der Waals surface area contributed by atoms with Gasteiger partial charge >= 0.3 is 0 Å². The van der Waals surface area contributed by atoms with Crippen molar-refractivity contribution < 1.29 is 0 Å². The van der Waals surface area contributed by atoms with Gasteiger partial charge in [-0.2, -0.15) is 5.10 Å². The summed E-state index contributed by atoms with van der Waals surface area (Å²) in [5.41, 5.74) is 11.3. The van der Waals surface area contributed by atoms with Crippen LogP contribution in [0.3, 0.4) is 0 Å². The molecule has 0 amide bonds. The van der Waals surface area contributed by atoms with Gasteiger partial charge in [0.25, 0.3) is 0 Å². The third-order valence-corrected chi connectivity index (χ3v) is 3.60. The second-order valence-corrected chi connectivity index (χ2v) is 5.63. The zero-order valence-corrected chi connectivity index (χ0v) is 11.5. The predicted octanol–water partition coefficient (Wildman–Crippen LogP) is 0.439. The number of amidine groups is 2. The monoisotopic (exact) mass is 296 g/mol. The van der Waals surface area contributed by atoms with E-state index in [-0.39, 0.29) is 10.3 Å². The molecular weight excluding hydrogens is 284 g/mol. The molecule has 100 valence electrons. The maximum Gasteiger partial charge on any atom is 0.162 e. The zero-order valence-electron chi connectivity index (χ0n) is 9.83. The third-order valence-electron chi connectivity index (χ3n) is 2.16. The van der Waals surface area contributed by atoms with E-state index in [9.17, 15) is 0 Å². The SMILES string of the molecule is N=C(N)SCCn1ncc2c(SC(=N)N)ncnc21. The first-order valence-corrected chi connectivity index (χ1v) is 7.03. The van der Waals surface area contributed by atoms with Crippen LogP contribution in [0, 0.1) is 10.8 Å². The summed E-state index contributed by atoms with van der Waals surface area (Å²) in [5.74, 6) is 0.644. The molecule has 0 aliphatic heterocycles. The summed E-state index contributed by atoms with van der Waals surface area (Å²) in [5, 5.41) is 20.1. The minimum atomic E-state index is -0.0279. The van der Waals surface area contributed by atoms with Crippen molar-refractivity contribution in [3.63, 3.8) is 0 Å². The van der Waals surface area contributed by atoms with Crippen LogP contribution in [0.1, 0.15) is 0 Å². The fourth-order valence-corrected chi connectivity index (χ4v) is 2.51. The quantitative estimate of drug-likeness (QED) is 0.277. The van der Waals surface area contributed by atoms with Crippen LogP contribution in [0.2, 0.25) is 0 Å². The van der Waals surface area contributed by atoms with Gasteiger partial charge in [0.1, 0.15) is 11.4 Å². The fraction of sp³-hybridized carbons (Fsp3) is 0.222. The minimum Gasteiger partial charge on any atom is -0.379 e. The van der Waals surface area contributed by atoms with Crippen molar-refractivity contribution >= 4 is 44.9 Å². The molecule has 0 saturated heterocycles. The van der Waals surface area contributed by atoms with Crippen LogP contribution in [0.4, 0.5) is 0 Å². The summed E-state index contributed by atoms with van der Waals surface area (Å²) in [6.45, 7) is 0.592. The lowest BCUT2D eigenvalue weighted by atomic mass is 10.4. The van der Waals surface area contributed by atoms with Gasteiger partial charge < -0.3 is 11.5 Å². The summed E-state index contributed by atoms with van der Waals surface area (Å²) < 4.78 is 1.72. The van der Waals surface area contributed by atoms with Gasteiger partial charge in [-0.15, -0.1) is 0 Å². The van der Waals surface area contributed by atoms with E-state index in [1.807, 2.05) is 0 Å². The Balaban J connectivity index is 2.23. The maximum absolute atomic E-state index is 7.28. The molecule has 2 aromatic heterocycles. The smallest absolute Gasteiger partial charge is 0.162 e. The van der Waals surface area contributed by atoms with E-state index in [0.717, 1.165) is 17.1 Å². The first kappa shape index (κ1) is 13.6. The summed E-state index contributed by atoms with van der Waals surface area (Å²) in [6.07, 6.45) is 3.07. The number of hydrogen-bond acceptors (Lipinski definition) is 7. The van der Waals surface area contributed by atoms with Gasteiger partial charge in [0.05, 0.1) is 18.1 Å².